The minimum atomic E-state index is 0.495. The molecule has 0 spiro atoms. The molecule has 0 N–H and O–H groups in total. The van der Waals surface area contributed by atoms with Crippen LogP contribution in [0.4, 0.5) is 0 Å². The summed E-state index contributed by atoms with van der Waals surface area (Å²) >= 11 is 1.76. The fraction of sp³-hybridized carbons (Fsp3) is 0.462. The molecule has 0 amide bonds. The molecule has 1 radical (unpaired) electrons. The standard InChI is InChI=1S/C13H17O2S/c1-16-13-8-6-12(7-9-13)5-3-2-4-10-15-11-14/h6-9H,2-5,10H2,1H3. The summed E-state index contributed by atoms with van der Waals surface area (Å²) < 4.78 is 4.51. The molecular weight excluding hydrogens is 220 g/mol. The van der Waals surface area contributed by atoms with E-state index in [0.717, 1.165) is 25.7 Å². The summed E-state index contributed by atoms with van der Waals surface area (Å²) in [5.41, 5.74) is 1.38. The molecule has 16 heavy (non-hydrogen) atoms. The third kappa shape index (κ3) is 5.21. The summed E-state index contributed by atoms with van der Waals surface area (Å²) in [7, 11) is 0. The third-order valence-electron chi connectivity index (χ3n) is 2.43. The predicted molar refractivity (Wildman–Crippen MR) is 67.4 cm³/mol. The minimum Gasteiger partial charge on any atom is -0.457 e. The van der Waals surface area contributed by atoms with Crippen molar-refractivity contribution in [1.29, 1.82) is 0 Å². The summed E-state index contributed by atoms with van der Waals surface area (Å²) in [6.45, 7) is 1.93. The van der Waals surface area contributed by atoms with Gasteiger partial charge < -0.3 is 4.74 Å². The first kappa shape index (κ1) is 13.1. The Morgan fingerprint density at radius 2 is 1.94 bits per heavy atom. The number of hydrogen-bond donors (Lipinski definition) is 0. The lowest BCUT2D eigenvalue weighted by atomic mass is 10.1. The van der Waals surface area contributed by atoms with Crippen molar-refractivity contribution in [2.45, 2.75) is 30.6 Å². The van der Waals surface area contributed by atoms with Crippen LogP contribution < -0.4 is 0 Å². The van der Waals surface area contributed by atoms with Crippen molar-refractivity contribution in [2.24, 2.45) is 0 Å². The van der Waals surface area contributed by atoms with E-state index in [-0.39, 0.29) is 0 Å². The second-order valence-corrected chi connectivity index (χ2v) is 4.47. The molecule has 0 aliphatic rings. The average Bonchev–Trinajstić information content (AvgIpc) is 2.34. The highest BCUT2D eigenvalue weighted by molar-refractivity contribution is 7.98. The maximum Gasteiger partial charge on any atom is 0.417 e. The molecule has 1 rings (SSSR count). The van der Waals surface area contributed by atoms with Crippen molar-refractivity contribution in [3.8, 4) is 0 Å². The Morgan fingerprint density at radius 1 is 1.19 bits per heavy atom. The first-order valence-corrected chi connectivity index (χ1v) is 6.71. The van der Waals surface area contributed by atoms with Crippen molar-refractivity contribution in [3.63, 3.8) is 0 Å². The van der Waals surface area contributed by atoms with Gasteiger partial charge in [-0.15, -0.1) is 11.8 Å². The van der Waals surface area contributed by atoms with Gasteiger partial charge in [0.2, 0.25) is 0 Å². The van der Waals surface area contributed by atoms with Crippen LogP contribution in [-0.4, -0.2) is 19.3 Å². The van der Waals surface area contributed by atoms with Gasteiger partial charge in [0.1, 0.15) is 0 Å². The molecule has 1 aromatic rings. The molecule has 2 nitrogen and oxygen atoms in total. The lowest BCUT2D eigenvalue weighted by molar-refractivity contribution is 0.269. The van der Waals surface area contributed by atoms with E-state index >= 15 is 0 Å². The van der Waals surface area contributed by atoms with Crippen LogP contribution in [0.1, 0.15) is 24.8 Å². The van der Waals surface area contributed by atoms with Gasteiger partial charge in [0.05, 0.1) is 6.61 Å². The van der Waals surface area contributed by atoms with E-state index in [4.69, 9.17) is 0 Å². The molecule has 0 aromatic heterocycles. The number of carbonyl (C=O) groups excluding carboxylic acids is 1. The van der Waals surface area contributed by atoms with Crippen LogP contribution >= 0.6 is 11.8 Å². The predicted octanol–water partition coefficient (Wildman–Crippen LogP) is 3.21. The van der Waals surface area contributed by atoms with Gasteiger partial charge in [-0.05, 0) is 49.6 Å². The summed E-state index contributed by atoms with van der Waals surface area (Å²) in [5, 5.41) is 0. The first-order chi connectivity index (χ1) is 7.86. The number of aryl methyl sites for hydroxylation is 1. The highest BCUT2D eigenvalue weighted by Crippen LogP contribution is 2.16. The highest BCUT2D eigenvalue weighted by atomic mass is 32.2. The molecule has 0 heterocycles. The van der Waals surface area contributed by atoms with Crippen LogP contribution in [0.3, 0.4) is 0 Å². The first-order valence-electron chi connectivity index (χ1n) is 5.48. The third-order valence-corrected chi connectivity index (χ3v) is 3.17. The Hall–Kier alpha value is -0.960. The van der Waals surface area contributed by atoms with Crippen LogP contribution in [0.25, 0.3) is 0 Å². The van der Waals surface area contributed by atoms with E-state index in [0.29, 0.717) is 6.61 Å². The van der Waals surface area contributed by atoms with Crippen LogP contribution in [0.2, 0.25) is 0 Å². The molecule has 0 fully saturated rings. The number of ether oxygens (including phenoxy) is 1. The van der Waals surface area contributed by atoms with Gasteiger partial charge in [-0.1, -0.05) is 12.1 Å². The molecule has 0 aliphatic heterocycles. The average molecular weight is 237 g/mol. The smallest absolute Gasteiger partial charge is 0.417 e. The van der Waals surface area contributed by atoms with Gasteiger partial charge in [-0.25, -0.2) is 4.79 Å². The van der Waals surface area contributed by atoms with E-state index in [1.807, 2.05) is 0 Å². The quantitative estimate of drug-likeness (QED) is 0.513. The van der Waals surface area contributed by atoms with Gasteiger partial charge in [0, 0.05) is 4.90 Å². The molecule has 3 heteroatoms. The molecule has 0 unspecified atom stereocenters. The number of rotatable bonds is 8. The van der Waals surface area contributed by atoms with Gasteiger partial charge >= 0.3 is 6.47 Å². The lowest BCUT2D eigenvalue weighted by Gasteiger charge is -2.02. The fourth-order valence-electron chi connectivity index (χ4n) is 1.51. The number of hydrogen-bond acceptors (Lipinski definition) is 3. The minimum absolute atomic E-state index is 0.495. The Morgan fingerprint density at radius 3 is 2.56 bits per heavy atom. The molecule has 0 saturated carbocycles. The van der Waals surface area contributed by atoms with Crippen molar-refractivity contribution in [1.82, 2.24) is 0 Å². The lowest BCUT2D eigenvalue weighted by Crippen LogP contribution is -1.92. The Balaban J connectivity index is 2.14. The van der Waals surface area contributed by atoms with E-state index < -0.39 is 0 Å². The van der Waals surface area contributed by atoms with Crippen molar-refractivity contribution in [2.75, 3.05) is 12.9 Å². The summed E-state index contributed by atoms with van der Waals surface area (Å²) in [5.74, 6) is 0. The summed E-state index contributed by atoms with van der Waals surface area (Å²) in [6.07, 6.45) is 6.34. The molecule has 1 aromatic carbocycles. The van der Waals surface area contributed by atoms with Crippen LogP contribution in [0.15, 0.2) is 29.2 Å². The zero-order valence-electron chi connectivity index (χ0n) is 9.57. The Labute approximate surface area is 101 Å². The van der Waals surface area contributed by atoms with Crippen molar-refractivity contribution < 1.29 is 9.53 Å². The van der Waals surface area contributed by atoms with Gasteiger partial charge in [-0.3, -0.25) is 0 Å². The molecule has 0 aliphatic carbocycles. The van der Waals surface area contributed by atoms with Gasteiger partial charge in [-0.2, -0.15) is 0 Å². The summed E-state index contributed by atoms with van der Waals surface area (Å²) in [6, 6.07) is 8.68. The zero-order valence-corrected chi connectivity index (χ0v) is 10.4. The molecule has 0 bridgehead atoms. The Kier molecular flexibility index (Phi) is 6.74. The van der Waals surface area contributed by atoms with Crippen molar-refractivity contribution >= 4 is 18.2 Å². The second kappa shape index (κ2) is 8.22. The maximum atomic E-state index is 9.77. The van der Waals surface area contributed by atoms with Crippen LogP contribution in [0, 0.1) is 0 Å². The topological polar surface area (TPSA) is 26.3 Å². The number of thioether (sulfide) groups is 1. The normalized spacial score (nSPS) is 10.1. The monoisotopic (exact) mass is 237 g/mol. The zero-order chi connectivity index (χ0) is 11.6. The van der Waals surface area contributed by atoms with Crippen LogP contribution in [0.5, 0.6) is 0 Å². The summed E-state index contributed by atoms with van der Waals surface area (Å²) in [4.78, 5) is 11.1. The van der Waals surface area contributed by atoms with Crippen LogP contribution in [-0.2, 0) is 16.0 Å². The molecule has 0 saturated heterocycles. The highest BCUT2D eigenvalue weighted by Gasteiger charge is 1.95. The van der Waals surface area contributed by atoms with Gasteiger partial charge in [0.15, 0.2) is 0 Å². The second-order valence-electron chi connectivity index (χ2n) is 3.59. The van der Waals surface area contributed by atoms with E-state index in [1.54, 1.807) is 11.8 Å². The van der Waals surface area contributed by atoms with Gasteiger partial charge in [0.25, 0.3) is 0 Å². The fourth-order valence-corrected chi connectivity index (χ4v) is 1.92. The molecule has 0 atom stereocenters. The number of unbranched alkanes of at least 4 members (excludes halogenated alkanes) is 2. The Bertz CT molecular complexity index is 295. The van der Waals surface area contributed by atoms with Crippen molar-refractivity contribution in [3.05, 3.63) is 29.8 Å². The largest absolute Gasteiger partial charge is 0.457 e. The molecular formula is C13H17O2S. The van der Waals surface area contributed by atoms with E-state index in [9.17, 15) is 4.79 Å². The number of benzene rings is 1. The van der Waals surface area contributed by atoms with E-state index in [1.165, 1.54) is 16.9 Å². The molecule has 87 valence electrons. The maximum absolute atomic E-state index is 9.77. The van der Waals surface area contributed by atoms with E-state index in [2.05, 4.69) is 35.3 Å². The SMILES string of the molecule is CSc1ccc(CCCCCO[C]=O)cc1.